The van der Waals surface area contributed by atoms with Gasteiger partial charge in [-0.3, -0.25) is 0 Å². The van der Waals surface area contributed by atoms with Crippen LogP contribution in [0, 0.1) is 5.82 Å². The molecule has 0 fully saturated rings. The summed E-state index contributed by atoms with van der Waals surface area (Å²) in [4.78, 5) is 0. The molecule has 5 heteroatoms. The summed E-state index contributed by atoms with van der Waals surface area (Å²) in [6, 6.07) is 18.0. The number of rotatable bonds is 8. The van der Waals surface area contributed by atoms with Crippen LogP contribution < -0.4 is 0 Å². The second-order valence-electron chi connectivity index (χ2n) is 6.95. The number of benzene rings is 3. The van der Waals surface area contributed by atoms with Gasteiger partial charge in [-0.2, -0.15) is 0 Å². The lowest BCUT2D eigenvalue weighted by Gasteiger charge is -2.18. The standard InChI is InChI=1S/C24H27FO2P2/c1-26-12-20-10-19(22-8-5-17(15-29)9-23(22)25)11-21(13-27-2)24(20)18-6-3-16(14-28)4-7-18/h3-11H,12-15,28-29H2,1-2H3. The topological polar surface area (TPSA) is 18.5 Å². The van der Waals surface area contributed by atoms with E-state index in [9.17, 15) is 4.39 Å². The van der Waals surface area contributed by atoms with Crippen LogP contribution in [0.5, 0.6) is 0 Å². The molecule has 3 aromatic rings. The van der Waals surface area contributed by atoms with Crippen molar-refractivity contribution in [2.24, 2.45) is 0 Å². The van der Waals surface area contributed by atoms with Crippen molar-refractivity contribution < 1.29 is 13.9 Å². The van der Waals surface area contributed by atoms with Crippen molar-refractivity contribution in [2.75, 3.05) is 14.2 Å². The molecule has 2 nitrogen and oxygen atoms in total. The smallest absolute Gasteiger partial charge is 0.131 e. The van der Waals surface area contributed by atoms with Gasteiger partial charge in [0.15, 0.2) is 0 Å². The monoisotopic (exact) mass is 428 g/mol. The Balaban J connectivity index is 2.18. The van der Waals surface area contributed by atoms with Crippen LogP contribution in [-0.4, -0.2) is 14.2 Å². The number of halogens is 1. The van der Waals surface area contributed by atoms with Gasteiger partial charge in [-0.1, -0.05) is 36.4 Å². The third-order valence-electron chi connectivity index (χ3n) is 4.96. The molecule has 0 amide bonds. The molecule has 0 N–H and O–H groups in total. The normalized spacial score (nSPS) is 11.1. The van der Waals surface area contributed by atoms with Crippen LogP contribution in [0.2, 0.25) is 0 Å². The molecule has 29 heavy (non-hydrogen) atoms. The molecule has 2 unspecified atom stereocenters. The van der Waals surface area contributed by atoms with Gasteiger partial charge < -0.3 is 9.47 Å². The van der Waals surface area contributed by atoms with E-state index >= 15 is 0 Å². The molecule has 2 atom stereocenters. The maximum absolute atomic E-state index is 14.8. The van der Waals surface area contributed by atoms with Crippen LogP contribution in [-0.2, 0) is 35.0 Å². The first-order valence-electron chi connectivity index (χ1n) is 9.53. The zero-order valence-corrected chi connectivity index (χ0v) is 19.2. The van der Waals surface area contributed by atoms with Gasteiger partial charge in [0, 0.05) is 19.8 Å². The van der Waals surface area contributed by atoms with E-state index in [-0.39, 0.29) is 5.82 Å². The van der Waals surface area contributed by atoms with Gasteiger partial charge in [0.25, 0.3) is 0 Å². The van der Waals surface area contributed by atoms with Crippen molar-refractivity contribution in [1.29, 1.82) is 0 Å². The Kier molecular flexibility index (Phi) is 7.92. The van der Waals surface area contributed by atoms with E-state index in [1.807, 2.05) is 24.3 Å². The molecule has 0 radical (unpaired) electrons. The van der Waals surface area contributed by atoms with E-state index in [0.717, 1.165) is 45.7 Å². The Bertz CT molecular complexity index is 944. The minimum Gasteiger partial charge on any atom is -0.380 e. The van der Waals surface area contributed by atoms with Crippen molar-refractivity contribution in [3.05, 3.63) is 82.7 Å². The zero-order chi connectivity index (χ0) is 20.8. The fraction of sp³-hybridized carbons (Fsp3) is 0.250. The summed E-state index contributed by atoms with van der Waals surface area (Å²) in [5, 5.41) is 0. The molecular formula is C24H27FO2P2. The maximum Gasteiger partial charge on any atom is 0.131 e. The minimum atomic E-state index is -0.214. The maximum atomic E-state index is 14.8. The van der Waals surface area contributed by atoms with E-state index in [0.29, 0.717) is 18.8 Å². The molecule has 0 saturated carbocycles. The summed E-state index contributed by atoms with van der Waals surface area (Å²) in [7, 11) is 8.73. The summed E-state index contributed by atoms with van der Waals surface area (Å²) in [6.45, 7) is 0.882. The van der Waals surface area contributed by atoms with Crippen LogP contribution >= 0.6 is 18.5 Å². The Morgan fingerprint density at radius 3 is 1.76 bits per heavy atom. The number of hydrogen-bond donors (Lipinski definition) is 0. The average Bonchev–Trinajstić information content (AvgIpc) is 2.74. The summed E-state index contributed by atoms with van der Waals surface area (Å²) in [5.74, 6) is -0.214. The van der Waals surface area contributed by atoms with Crippen LogP contribution in [0.25, 0.3) is 22.3 Å². The van der Waals surface area contributed by atoms with Crippen LogP contribution in [0.1, 0.15) is 22.3 Å². The minimum absolute atomic E-state index is 0.214. The fourth-order valence-electron chi connectivity index (χ4n) is 3.56. The molecule has 0 aliphatic rings. The Morgan fingerprint density at radius 1 is 0.724 bits per heavy atom. The Labute approximate surface area is 177 Å². The van der Waals surface area contributed by atoms with Crippen molar-refractivity contribution in [3.63, 3.8) is 0 Å². The van der Waals surface area contributed by atoms with E-state index in [1.54, 1.807) is 20.3 Å². The summed E-state index contributed by atoms with van der Waals surface area (Å²) < 4.78 is 25.8. The van der Waals surface area contributed by atoms with Crippen molar-refractivity contribution >= 4 is 18.5 Å². The number of ether oxygens (including phenoxy) is 2. The predicted molar refractivity (Wildman–Crippen MR) is 126 cm³/mol. The molecule has 152 valence electrons. The highest BCUT2D eigenvalue weighted by Gasteiger charge is 2.16. The highest BCUT2D eigenvalue weighted by atomic mass is 31.0. The van der Waals surface area contributed by atoms with Gasteiger partial charge in [0.2, 0.25) is 0 Å². The summed E-state index contributed by atoms with van der Waals surface area (Å²) >= 11 is 0. The van der Waals surface area contributed by atoms with Crippen molar-refractivity contribution in [3.8, 4) is 22.3 Å². The molecule has 3 rings (SSSR count). The highest BCUT2D eigenvalue weighted by Crippen LogP contribution is 2.35. The lowest BCUT2D eigenvalue weighted by Crippen LogP contribution is -2.01. The number of methoxy groups -OCH3 is 2. The molecule has 0 saturated heterocycles. The van der Waals surface area contributed by atoms with Gasteiger partial charge in [-0.05, 0) is 69.5 Å². The second-order valence-corrected chi connectivity index (χ2v) is 7.77. The molecular weight excluding hydrogens is 401 g/mol. The van der Waals surface area contributed by atoms with Gasteiger partial charge in [0.05, 0.1) is 13.2 Å². The quantitative estimate of drug-likeness (QED) is 0.398. The van der Waals surface area contributed by atoms with Crippen LogP contribution in [0.15, 0.2) is 54.6 Å². The van der Waals surface area contributed by atoms with E-state index < -0.39 is 0 Å². The molecule has 0 spiro atoms. The summed E-state index contributed by atoms with van der Waals surface area (Å²) in [5.41, 5.74) is 7.88. The SMILES string of the molecule is COCc1cc(-c2ccc(CP)cc2F)cc(COC)c1-c1ccc(CP)cc1. The second kappa shape index (κ2) is 10.4. The average molecular weight is 428 g/mol. The lowest BCUT2D eigenvalue weighted by molar-refractivity contribution is 0.181. The molecule has 0 bridgehead atoms. The molecule has 0 aliphatic carbocycles. The lowest BCUT2D eigenvalue weighted by atomic mass is 9.90. The molecule has 0 aromatic heterocycles. The van der Waals surface area contributed by atoms with Gasteiger partial charge in [-0.25, -0.2) is 4.39 Å². The molecule has 0 aliphatic heterocycles. The van der Waals surface area contributed by atoms with E-state index in [4.69, 9.17) is 9.47 Å². The molecule has 0 heterocycles. The largest absolute Gasteiger partial charge is 0.380 e. The van der Waals surface area contributed by atoms with Gasteiger partial charge in [-0.15, -0.1) is 18.5 Å². The first kappa shape index (κ1) is 22.1. The summed E-state index contributed by atoms with van der Waals surface area (Å²) in [6.07, 6.45) is 1.65. The molecule has 3 aromatic carbocycles. The van der Waals surface area contributed by atoms with E-state index in [1.165, 1.54) is 5.56 Å². The number of hydrogen-bond acceptors (Lipinski definition) is 2. The van der Waals surface area contributed by atoms with E-state index in [2.05, 4.69) is 42.7 Å². The predicted octanol–water partition coefficient (Wildman–Crippen LogP) is 6.20. The first-order valence-corrected chi connectivity index (χ1v) is 11.2. The fourth-order valence-corrected chi connectivity index (χ4v) is 4.09. The highest BCUT2D eigenvalue weighted by molar-refractivity contribution is 7.15. The third-order valence-corrected chi connectivity index (χ3v) is 5.90. The zero-order valence-electron chi connectivity index (χ0n) is 16.9. The first-order chi connectivity index (χ1) is 14.1. The van der Waals surface area contributed by atoms with Crippen LogP contribution in [0.3, 0.4) is 0 Å². The van der Waals surface area contributed by atoms with Crippen molar-refractivity contribution in [1.82, 2.24) is 0 Å². The van der Waals surface area contributed by atoms with Crippen molar-refractivity contribution in [2.45, 2.75) is 25.5 Å². The Hall–Kier alpha value is -1.63. The van der Waals surface area contributed by atoms with Gasteiger partial charge in [0.1, 0.15) is 5.82 Å². The van der Waals surface area contributed by atoms with Crippen LogP contribution in [0.4, 0.5) is 4.39 Å². The van der Waals surface area contributed by atoms with Gasteiger partial charge >= 0.3 is 0 Å². The Morgan fingerprint density at radius 2 is 1.28 bits per heavy atom. The third kappa shape index (κ3) is 5.11.